The molecule has 0 aliphatic heterocycles. The molecule has 0 fully saturated rings. The van der Waals surface area contributed by atoms with Crippen molar-refractivity contribution in [3.8, 4) is 11.6 Å². The molecule has 0 aliphatic carbocycles. The molecular weight excluding hydrogens is 496 g/mol. The Morgan fingerprint density at radius 3 is 2.62 bits per heavy atom. The average molecular weight is 529 g/mol. The van der Waals surface area contributed by atoms with Crippen LogP contribution in [-0.4, -0.2) is 73.1 Å². The van der Waals surface area contributed by atoms with Gasteiger partial charge in [-0.2, -0.15) is 4.98 Å². The van der Waals surface area contributed by atoms with Crippen LogP contribution in [0.1, 0.15) is 0 Å². The van der Waals surface area contributed by atoms with E-state index >= 15 is 0 Å². The molecule has 0 aliphatic rings. The number of anilines is 5. The van der Waals surface area contributed by atoms with E-state index < -0.39 is 0 Å². The van der Waals surface area contributed by atoms with Crippen LogP contribution in [0.3, 0.4) is 0 Å². The number of para-hydroxylation sites is 1. The van der Waals surface area contributed by atoms with E-state index in [4.69, 9.17) is 9.72 Å². The second kappa shape index (κ2) is 12.1. The zero-order valence-corrected chi connectivity index (χ0v) is 22.4. The lowest BCUT2D eigenvalue weighted by atomic mass is 10.2. The summed E-state index contributed by atoms with van der Waals surface area (Å²) in [6, 6.07) is 13.1. The predicted octanol–water partition coefficient (Wildman–Crippen LogP) is 3.86. The SMILES string of the molecule is C=CC(=O)Nc1cc(Nc2nccc(-n3cc(NC=O)c4ccccc43)n2)c(OC)cc1N(C)CCN(C)C. The molecule has 202 valence electrons. The van der Waals surface area contributed by atoms with Crippen molar-refractivity contribution in [2.45, 2.75) is 0 Å². The highest BCUT2D eigenvalue weighted by Gasteiger charge is 2.17. The number of rotatable bonds is 12. The number of benzene rings is 2. The second-order valence-corrected chi connectivity index (χ2v) is 9.04. The number of amides is 2. The van der Waals surface area contributed by atoms with Gasteiger partial charge >= 0.3 is 0 Å². The summed E-state index contributed by atoms with van der Waals surface area (Å²) in [5.74, 6) is 1.15. The monoisotopic (exact) mass is 528 g/mol. The Hall–Kier alpha value is -4.90. The van der Waals surface area contributed by atoms with E-state index in [1.165, 1.54) is 6.08 Å². The van der Waals surface area contributed by atoms with Crippen molar-refractivity contribution < 1.29 is 14.3 Å². The molecule has 3 N–H and O–H groups in total. The van der Waals surface area contributed by atoms with Crippen molar-refractivity contribution in [3.05, 3.63) is 67.5 Å². The lowest BCUT2D eigenvalue weighted by molar-refractivity contribution is -0.112. The molecule has 0 saturated heterocycles. The third-order valence-electron chi connectivity index (χ3n) is 6.12. The van der Waals surface area contributed by atoms with Crippen LogP contribution in [0.2, 0.25) is 0 Å². The molecule has 2 aromatic carbocycles. The summed E-state index contributed by atoms with van der Waals surface area (Å²) in [7, 11) is 7.55. The summed E-state index contributed by atoms with van der Waals surface area (Å²) in [6.45, 7) is 5.13. The number of hydrogen-bond donors (Lipinski definition) is 3. The van der Waals surface area contributed by atoms with Gasteiger partial charge in [-0.1, -0.05) is 24.8 Å². The van der Waals surface area contributed by atoms with Gasteiger partial charge in [0.25, 0.3) is 0 Å². The van der Waals surface area contributed by atoms with Crippen LogP contribution in [0, 0.1) is 0 Å². The highest BCUT2D eigenvalue weighted by atomic mass is 16.5. The van der Waals surface area contributed by atoms with Gasteiger partial charge in [0.1, 0.15) is 11.6 Å². The van der Waals surface area contributed by atoms with Crippen molar-refractivity contribution in [1.29, 1.82) is 0 Å². The molecule has 2 aromatic heterocycles. The summed E-state index contributed by atoms with van der Waals surface area (Å²) in [4.78, 5) is 36.6. The van der Waals surface area contributed by atoms with Crippen LogP contribution >= 0.6 is 0 Å². The van der Waals surface area contributed by atoms with E-state index in [1.807, 2.05) is 67.1 Å². The first-order chi connectivity index (χ1) is 18.8. The van der Waals surface area contributed by atoms with Crippen LogP contribution in [0.4, 0.5) is 28.7 Å². The van der Waals surface area contributed by atoms with Crippen molar-refractivity contribution in [2.24, 2.45) is 0 Å². The van der Waals surface area contributed by atoms with E-state index in [1.54, 1.807) is 25.4 Å². The fraction of sp³-hybridized carbons (Fsp3) is 0.214. The summed E-state index contributed by atoms with van der Waals surface area (Å²) in [5.41, 5.74) is 3.50. The van der Waals surface area contributed by atoms with E-state index in [9.17, 15) is 9.59 Å². The van der Waals surface area contributed by atoms with E-state index in [0.717, 1.165) is 29.7 Å². The number of methoxy groups -OCH3 is 1. The zero-order valence-electron chi connectivity index (χ0n) is 22.4. The number of likely N-dealkylation sites (N-methyl/N-ethyl adjacent to an activating group) is 2. The fourth-order valence-electron chi connectivity index (χ4n) is 4.12. The van der Waals surface area contributed by atoms with Crippen LogP contribution in [-0.2, 0) is 9.59 Å². The maximum Gasteiger partial charge on any atom is 0.247 e. The van der Waals surface area contributed by atoms with Gasteiger partial charge in [-0.15, -0.1) is 0 Å². The van der Waals surface area contributed by atoms with Crippen LogP contribution in [0.25, 0.3) is 16.7 Å². The first kappa shape index (κ1) is 27.1. The van der Waals surface area contributed by atoms with Gasteiger partial charge in [0.15, 0.2) is 0 Å². The Bertz CT molecular complexity index is 1500. The van der Waals surface area contributed by atoms with E-state index in [0.29, 0.717) is 41.0 Å². The molecule has 2 heterocycles. The molecule has 0 unspecified atom stereocenters. The number of carbonyl (C=O) groups is 2. The second-order valence-electron chi connectivity index (χ2n) is 9.04. The Morgan fingerprint density at radius 1 is 1.10 bits per heavy atom. The van der Waals surface area contributed by atoms with Crippen LogP contribution < -0.4 is 25.6 Å². The molecule has 0 spiro atoms. The highest BCUT2D eigenvalue weighted by molar-refractivity contribution is 6.02. The summed E-state index contributed by atoms with van der Waals surface area (Å²) in [6.07, 6.45) is 5.33. The standard InChI is InChI=1S/C28H32N8O3/c1-6-27(38)31-20-15-21(25(39-5)16-24(20)35(4)14-13-34(2)3)32-28-29-12-11-26(33-28)36-17-22(30-18-37)19-9-7-8-10-23(19)36/h6-12,15-18H,1,13-14H2,2-5H3,(H,30,37)(H,31,38)(H,29,32,33). The molecule has 4 aromatic rings. The smallest absolute Gasteiger partial charge is 0.247 e. The molecule has 0 bridgehead atoms. The fourth-order valence-corrected chi connectivity index (χ4v) is 4.12. The minimum Gasteiger partial charge on any atom is -0.494 e. The van der Waals surface area contributed by atoms with Gasteiger partial charge in [-0.05, 0) is 38.4 Å². The van der Waals surface area contributed by atoms with Crippen molar-refractivity contribution in [1.82, 2.24) is 19.4 Å². The van der Waals surface area contributed by atoms with Gasteiger partial charge in [-0.3, -0.25) is 14.2 Å². The van der Waals surface area contributed by atoms with Gasteiger partial charge in [0.2, 0.25) is 18.3 Å². The van der Waals surface area contributed by atoms with Crippen molar-refractivity contribution in [3.63, 3.8) is 0 Å². The molecule has 39 heavy (non-hydrogen) atoms. The Labute approximate surface area is 227 Å². The van der Waals surface area contributed by atoms with Crippen LogP contribution in [0.5, 0.6) is 5.75 Å². The van der Waals surface area contributed by atoms with Gasteiger partial charge < -0.3 is 30.5 Å². The predicted molar refractivity (Wildman–Crippen MR) is 155 cm³/mol. The van der Waals surface area contributed by atoms with Crippen LogP contribution in [0.15, 0.2) is 67.5 Å². The first-order valence-corrected chi connectivity index (χ1v) is 12.3. The van der Waals surface area contributed by atoms with Crippen molar-refractivity contribution >= 4 is 51.9 Å². The molecule has 0 radical (unpaired) electrons. The number of nitrogens with one attached hydrogen (secondary N) is 3. The van der Waals surface area contributed by atoms with Crippen molar-refractivity contribution in [2.75, 3.05) is 62.2 Å². The zero-order chi connectivity index (χ0) is 27.9. The lowest BCUT2D eigenvalue weighted by Gasteiger charge is -2.26. The highest BCUT2D eigenvalue weighted by Crippen LogP contribution is 2.38. The van der Waals surface area contributed by atoms with Gasteiger partial charge in [-0.25, -0.2) is 4.98 Å². The summed E-state index contributed by atoms with van der Waals surface area (Å²) < 4.78 is 7.57. The minimum absolute atomic E-state index is 0.322. The Balaban J connectivity index is 1.72. The quantitative estimate of drug-likeness (QED) is 0.188. The summed E-state index contributed by atoms with van der Waals surface area (Å²) in [5, 5.41) is 9.74. The summed E-state index contributed by atoms with van der Waals surface area (Å²) >= 11 is 0. The van der Waals surface area contributed by atoms with E-state index in [-0.39, 0.29) is 5.91 Å². The minimum atomic E-state index is -0.328. The number of aromatic nitrogens is 3. The maximum absolute atomic E-state index is 12.2. The molecule has 11 nitrogen and oxygen atoms in total. The maximum atomic E-state index is 12.2. The third kappa shape index (κ3) is 6.16. The van der Waals surface area contributed by atoms with Gasteiger partial charge in [0.05, 0.1) is 35.4 Å². The normalized spacial score (nSPS) is 10.8. The number of hydrogen-bond acceptors (Lipinski definition) is 8. The average Bonchev–Trinajstić information content (AvgIpc) is 3.30. The van der Waals surface area contributed by atoms with Gasteiger partial charge in [0, 0.05) is 44.0 Å². The number of ether oxygens (including phenoxy) is 1. The molecule has 0 saturated carbocycles. The largest absolute Gasteiger partial charge is 0.494 e. The van der Waals surface area contributed by atoms with E-state index in [2.05, 4.69) is 32.4 Å². The third-order valence-corrected chi connectivity index (χ3v) is 6.12. The Morgan fingerprint density at radius 2 is 1.90 bits per heavy atom. The topological polar surface area (TPSA) is 117 Å². The molecular formula is C28H32N8O3. The number of nitrogens with zero attached hydrogens (tertiary/aromatic N) is 5. The molecule has 0 atom stereocenters. The molecule has 4 rings (SSSR count). The number of carbonyl (C=O) groups excluding carboxylic acids is 2. The number of fused-ring (bicyclic) bond motifs is 1. The Kier molecular flexibility index (Phi) is 8.42. The lowest BCUT2D eigenvalue weighted by Crippen LogP contribution is -2.29. The molecule has 11 heteroatoms. The first-order valence-electron chi connectivity index (χ1n) is 12.3. The molecule has 2 amide bonds.